The SMILES string of the molecule is CC[C@H](N[C@H](C)c1cccc(O)c1)c1noc(C)n1. The Kier molecular flexibility index (Phi) is 4.16. The van der Waals surface area contributed by atoms with Crippen molar-refractivity contribution in [2.75, 3.05) is 0 Å². The van der Waals surface area contributed by atoms with Crippen molar-refractivity contribution in [1.82, 2.24) is 15.5 Å². The van der Waals surface area contributed by atoms with E-state index in [1.54, 1.807) is 19.1 Å². The van der Waals surface area contributed by atoms with Crippen LogP contribution in [-0.4, -0.2) is 15.2 Å². The monoisotopic (exact) mass is 261 g/mol. The minimum absolute atomic E-state index is 0.0369. The van der Waals surface area contributed by atoms with Crippen LogP contribution >= 0.6 is 0 Å². The van der Waals surface area contributed by atoms with E-state index < -0.39 is 0 Å². The highest BCUT2D eigenvalue weighted by Gasteiger charge is 2.18. The quantitative estimate of drug-likeness (QED) is 0.866. The first-order chi connectivity index (χ1) is 9.10. The first kappa shape index (κ1) is 13.5. The highest BCUT2D eigenvalue weighted by molar-refractivity contribution is 5.29. The van der Waals surface area contributed by atoms with Crippen LogP contribution in [0.2, 0.25) is 0 Å². The van der Waals surface area contributed by atoms with Crippen LogP contribution in [0.4, 0.5) is 0 Å². The topological polar surface area (TPSA) is 71.2 Å². The van der Waals surface area contributed by atoms with Crippen LogP contribution in [-0.2, 0) is 0 Å². The van der Waals surface area contributed by atoms with Gasteiger partial charge in [0.25, 0.3) is 0 Å². The maximum atomic E-state index is 9.51. The van der Waals surface area contributed by atoms with E-state index in [2.05, 4.69) is 22.4 Å². The number of rotatable bonds is 5. The first-order valence-electron chi connectivity index (χ1n) is 6.45. The molecular formula is C14H19N3O2. The lowest BCUT2D eigenvalue weighted by atomic mass is 10.1. The van der Waals surface area contributed by atoms with E-state index in [1.165, 1.54) is 0 Å². The standard InChI is InChI=1S/C14H19N3O2/c1-4-13(14-16-10(3)19-17-14)15-9(2)11-6-5-7-12(18)8-11/h5-9,13,15,18H,4H2,1-3H3/t9-,13+/m1/s1. The molecule has 5 nitrogen and oxygen atoms in total. The normalized spacial score (nSPS) is 14.3. The Bertz CT molecular complexity index is 539. The third kappa shape index (κ3) is 3.32. The second-order valence-electron chi connectivity index (χ2n) is 4.62. The van der Waals surface area contributed by atoms with Crippen LogP contribution in [0, 0.1) is 6.92 Å². The van der Waals surface area contributed by atoms with Crippen LogP contribution < -0.4 is 5.32 Å². The molecule has 1 aromatic carbocycles. The maximum absolute atomic E-state index is 9.51. The molecule has 5 heteroatoms. The van der Waals surface area contributed by atoms with Gasteiger partial charge in [0.15, 0.2) is 5.82 Å². The lowest BCUT2D eigenvalue weighted by Gasteiger charge is -2.20. The molecule has 0 aliphatic rings. The summed E-state index contributed by atoms with van der Waals surface area (Å²) < 4.78 is 5.01. The van der Waals surface area contributed by atoms with E-state index in [4.69, 9.17) is 4.52 Å². The average Bonchev–Trinajstić information content (AvgIpc) is 2.82. The van der Waals surface area contributed by atoms with Crippen molar-refractivity contribution in [3.63, 3.8) is 0 Å². The lowest BCUT2D eigenvalue weighted by molar-refractivity contribution is 0.367. The summed E-state index contributed by atoms with van der Waals surface area (Å²) in [6.07, 6.45) is 0.863. The van der Waals surface area contributed by atoms with Crippen LogP contribution in [0.3, 0.4) is 0 Å². The second-order valence-corrected chi connectivity index (χ2v) is 4.62. The van der Waals surface area contributed by atoms with Gasteiger partial charge in [-0.05, 0) is 31.0 Å². The van der Waals surface area contributed by atoms with E-state index in [0.29, 0.717) is 11.7 Å². The van der Waals surface area contributed by atoms with Gasteiger partial charge in [-0.15, -0.1) is 0 Å². The van der Waals surface area contributed by atoms with E-state index >= 15 is 0 Å². The van der Waals surface area contributed by atoms with Gasteiger partial charge in [0.2, 0.25) is 5.89 Å². The van der Waals surface area contributed by atoms with Gasteiger partial charge in [-0.3, -0.25) is 0 Å². The molecule has 0 aliphatic heterocycles. The van der Waals surface area contributed by atoms with Gasteiger partial charge in [-0.25, -0.2) is 0 Å². The van der Waals surface area contributed by atoms with Gasteiger partial charge in [0.05, 0.1) is 6.04 Å². The molecule has 1 aromatic heterocycles. The molecule has 1 heterocycles. The van der Waals surface area contributed by atoms with Crippen molar-refractivity contribution in [2.45, 2.75) is 39.3 Å². The number of aromatic hydroxyl groups is 1. The average molecular weight is 261 g/mol. The third-order valence-electron chi connectivity index (χ3n) is 3.08. The van der Waals surface area contributed by atoms with Crippen molar-refractivity contribution in [3.8, 4) is 5.75 Å². The molecule has 2 aromatic rings. The van der Waals surface area contributed by atoms with Crippen molar-refractivity contribution in [3.05, 3.63) is 41.5 Å². The number of phenolic OH excluding ortho intramolecular Hbond substituents is 1. The zero-order valence-corrected chi connectivity index (χ0v) is 11.4. The first-order valence-corrected chi connectivity index (χ1v) is 6.45. The summed E-state index contributed by atoms with van der Waals surface area (Å²) in [5.74, 6) is 1.52. The van der Waals surface area contributed by atoms with Gasteiger partial charge in [-0.2, -0.15) is 4.98 Å². The van der Waals surface area contributed by atoms with Gasteiger partial charge in [0.1, 0.15) is 5.75 Å². The molecule has 2 rings (SSSR count). The van der Waals surface area contributed by atoms with Gasteiger partial charge >= 0.3 is 0 Å². The smallest absolute Gasteiger partial charge is 0.223 e. The molecule has 102 valence electrons. The number of aryl methyl sites for hydroxylation is 1. The minimum atomic E-state index is 0.0369. The number of hydrogen-bond acceptors (Lipinski definition) is 5. The summed E-state index contributed by atoms with van der Waals surface area (Å²) in [5.41, 5.74) is 1.03. The number of aromatic nitrogens is 2. The largest absolute Gasteiger partial charge is 0.508 e. The van der Waals surface area contributed by atoms with Crippen molar-refractivity contribution in [1.29, 1.82) is 0 Å². The molecule has 0 bridgehead atoms. The highest BCUT2D eigenvalue weighted by atomic mass is 16.5. The molecule has 0 amide bonds. The van der Waals surface area contributed by atoms with Gasteiger partial charge < -0.3 is 14.9 Å². The maximum Gasteiger partial charge on any atom is 0.223 e. The molecule has 0 fully saturated rings. The van der Waals surface area contributed by atoms with Gasteiger partial charge in [0, 0.05) is 13.0 Å². The predicted molar refractivity (Wildman–Crippen MR) is 71.7 cm³/mol. The summed E-state index contributed by atoms with van der Waals surface area (Å²) in [5, 5.41) is 16.9. The number of nitrogens with zero attached hydrogens (tertiary/aromatic N) is 2. The second kappa shape index (κ2) is 5.84. The summed E-state index contributed by atoms with van der Waals surface area (Å²) in [7, 11) is 0. The fraction of sp³-hybridized carbons (Fsp3) is 0.429. The molecule has 0 saturated heterocycles. The van der Waals surface area contributed by atoms with E-state index in [9.17, 15) is 5.11 Å². The van der Waals surface area contributed by atoms with Crippen molar-refractivity contribution >= 4 is 0 Å². The summed E-state index contributed by atoms with van der Waals surface area (Å²) >= 11 is 0. The number of nitrogens with one attached hydrogen (secondary N) is 1. The minimum Gasteiger partial charge on any atom is -0.508 e. The highest BCUT2D eigenvalue weighted by Crippen LogP contribution is 2.22. The Morgan fingerprint density at radius 2 is 2.21 bits per heavy atom. The molecule has 0 saturated carbocycles. The van der Waals surface area contributed by atoms with Gasteiger partial charge in [-0.1, -0.05) is 24.2 Å². The fourth-order valence-electron chi connectivity index (χ4n) is 2.02. The lowest BCUT2D eigenvalue weighted by Crippen LogP contribution is -2.25. The molecule has 0 radical (unpaired) electrons. The van der Waals surface area contributed by atoms with Crippen LogP contribution in [0.1, 0.15) is 49.6 Å². The Balaban J connectivity index is 2.10. The summed E-state index contributed by atoms with van der Waals surface area (Å²) in [6.45, 7) is 5.89. The molecule has 0 spiro atoms. The predicted octanol–water partition coefficient (Wildman–Crippen LogP) is 2.89. The Labute approximate surface area is 112 Å². The van der Waals surface area contributed by atoms with Crippen molar-refractivity contribution in [2.24, 2.45) is 0 Å². The number of hydrogen-bond donors (Lipinski definition) is 2. The van der Waals surface area contributed by atoms with Crippen LogP contribution in [0.15, 0.2) is 28.8 Å². The van der Waals surface area contributed by atoms with Crippen LogP contribution in [0.25, 0.3) is 0 Å². The Morgan fingerprint density at radius 3 is 2.79 bits per heavy atom. The van der Waals surface area contributed by atoms with Crippen molar-refractivity contribution < 1.29 is 9.63 Å². The third-order valence-corrected chi connectivity index (χ3v) is 3.08. The molecular weight excluding hydrogens is 242 g/mol. The van der Waals surface area contributed by atoms with E-state index in [-0.39, 0.29) is 17.8 Å². The Hall–Kier alpha value is -1.88. The van der Waals surface area contributed by atoms with Crippen LogP contribution in [0.5, 0.6) is 5.75 Å². The zero-order valence-electron chi connectivity index (χ0n) is 11.4. The molecule has 0 aliphatic carbocycles. The van der Waals surface area contributed by atoms with E-state index in [0.717, 1.165) is 12.0 Å². The van der Waals surface area contributed by atoms with E-state index in [1.807, 2.05) is 19.1 Å². The Morgan fingerprint density at radius 1 is 1.42 bits per heavy atom. The molecule has 19 heavy (non-hydrogen) atoms. The molecule has 2 atom stereocenters. The zero-order chi connectivity index (χ0) is 13.8. The molecule has 2 N–H and O–H groups in total. The fourth-order valence-corrected chi connectivity index (χ4v) is 2.02. The molecule has 0 unspecified atom stereocenters. The number of benzene rings is 1. The number of phenols is 1. The summed E-state index contributed by atoms with van der Waals surface area (Å²) in [4.78, 5) is 4.26. The summed E-state index contributed by atoms with van der Waals surface area (Å²) in [6, 6.07) is 7.36.